The van der Waals surface area contributed by atoms with Gasteiger partial charge in [0.2, 0.25) is 0 Å². The molecule has 2 rings (SSSR count). The van der Waals surface area contributed by atoms with E-state index in [9.17, 15) is 14.0 Å². The number of nitrogens with one attached hydrogen (secondary N) is 1. The summed E-state index contributed by atoms with van der Waals surface area (Å²) in [6, 6.07) is 7.97. The molecule has 2 aromatic rings. The van der Waals surface area contributed by atoms with Crippen LogP contribution < -0.4 is 5.32 Å². The Morgan fingerprint density at radius 3 is 2.65 bits per heavy atom. The van der Waals surface area contributed by atoms with Crippen molar-refractivity contribution in [1.29, 1.82) is 0 Å². The Bertz CT molecular complexity index is 698. The molecule has 0 aliphatic rings. The summed E-state index contributed by atoms with van der Waals surface area (Å²) in [4.78, 5) is 24.1. The van der Waals surface area contributed by atoms with Gasteiger partial charge in [0.1, 0.15) is 5.82 Å². The summed E-state index contributed by atoms with van der Waals surface area (Å²) >= 11 is 2.64. The number of halogens is 1. The minimum atomic E-state index is -0.862. The standard InChI is InChI=1S/C16H16FNO3S2/c1-10-13(11-2-4-12(17)5-3-11)8-14(23-10)16(21)18-6-7-22-9-15(19)20/h2-5,8H,6-7,9H2,1H3,(H,18,21)(H,19,20). The minimum Gasteiger partial charge on any atom is -0.481 e. The second-order valence-electron chi connectivity index (χ2n) is 4.79. The van der Waals surface area contributed by atoms with Gasteiger partial charge in [-0.3, -0.25) is 9.59 Å². The SMILES string of the molecule is Cc1sc(C(=O)NCCSCC(=O)O)cc1-c1ccc(F)cc1. The first-order valence-corrected chi connectivity index (χ1v) is 8.88. The molecule has 1 heterocycles. The summed E-state index contributed by atoms with van der Waals surface area (Å²) in [6.07, 6.45) is 0. The highest BCUT2D eigenvalue weighted by Gasteiger charge is 2.13. The molecule has 4 nitrogen and oxygen atoms in total. The van der Waals surface area contributed by atoms with Gasteiger partial charge in [0, 0.05) is 17.2 Å². The van der Waals surface area contributed by atoms with Crippen molar-refractivity contribution in [2.24, 2.45) is 0 Å². The molecule has 23 heavy (non-hydrogen) atoms. The molecule has 0 radical (unpaired) electrons. The maximum absolute atomic E-state index is 13.0. The van der Waals surface area contributed by atoms with E-state index in [1.54, 1.807) is 18.2 Å². The van der Waals surface area contributed by atoms with E-state index in [1.807, 2.05) is 6.92 Å². The zero-order valence-electron chi connectivity index (χ0n) is 12.5. The topological polar surface area (TPSA) is 66.4 Å². The maximum Gasteiger partial charge on any atom is 0.313 e. The number of benzene rings is 1. The lowest BCUT2D eigenvalue weighted by atomic mass is 10.1. The van der Waals surface area contributed by atoms with Crippen LogP contribution >= 0.6 is 23.1 Å². The molecule has 0 spiro atoms. The molecule has 2 N–H and O–H groups in total. The third kappa shape index (κ3) is 5.07. The Kier molecular flexibility index (Phi) is 6.18. The van der Waals surface area contributed by atoms with Crippen molar-refractivity contribution in [2.75, 3.05) is 18.1 Å². The lowest BCUT2D eigenvalue weighted by Crippen LogP contribution is -2.25. The number of hydrogen-bond acceptors (Lipinski definition) is 4. The summed E-state index contributed by atoms with van der Waals surface area (Å²) in [5.41, 5.74) is 1.79. The lowest BCUT2D eigenvalue weighted by Gasteiger charge is -2.02. The number of amides is 1. The molecule has 0 fully saturated rings. The van der Waals surface area contributed by atoms with E-state index in [0.29, 0.717) is 17.2 Å². The minimum absolute atomic E-state index is 0.0305. The molecule has 0 saturated heterocycles. The fourth-order valence-electron chi connectivity index (χ4n) is 1.99. The molecule has 122 valence electrons. The van der Waals surface area contributed by atoms with Crippen LogP contribution in [0, 0.1) is 12.7 Å². The predicted molar refractivity (Wildman–Crippen MR) is 91.7 cm³/mol. The number of carbonyl (C=O) groups excluding carboxylic acids is 1. The highest BCUT2D eigenvalue weighted by atomic mass is 32.2. The second-order valence-corrected chi connectivity index (χ2v) is 7.15. The second kappa shape index (κ2) is 8.12. The molecule has 0 saturated carbocycles. The van der Waals surface area contributed by atoms with Crippen LogP contribution in [0.3, 0.4) is 0 Å². The van der Waals surface area contributed by atoms with Gasteiger partial charge in [-0.1, -0.05) is 12.1 Å². The van der Waals surface area contributed by atoms with E-state index >= 15 is 0 Å². The largest absolute Gasteiger partial charge is 0.481 e. The van der Waals surface area contributed by atoms with Gasteiger partial charge in [-0.25, -0.2) is 4.39 Å². The Hall–Kier alpha value is -1.86. The predicted octanol–water partition coefficient (Wildman–Crippen LogP) is 3.41. The smallest absolute Gasteiger partial charge is 0.313 e. The third-order valence-corrected chi connectivity index (χ3v) is 5.05. The molecule has 0 atom stereocenters. The zero-order valence-corrected chi connectivity index (χ0v) is 14.1. The summed E-state index contributed by atoms with van der Waals surface area (Å²) in [6.45, 7) is 2.34. The summed E-state index contributed by atoms with van der Waals surface area (Å²) in [5, 5.41) is 11.3. The highest BCUT2D eigenvalue weighted by molar-refractivity contribution is 7.99. The maximum atomic E-state index is 13.0. The monoisotopic (exact) mass is 353 g/mol. The number of carboxylic acid groups (broad SMARTS) is 1. The van der Waals surface area contributed by atoms with Gasteiger partial charge in [0.05, 0.1) is 10.6 Å². The van der Waals surface area contributed by atoms with Crippen LogP contribution in [0.1, 0.15) is 14.5 Å². The summed E-state index contributed by atoms with van der Waals surface area (Å²) < 4.78 is 13.0. The van der Waals surface area contributed by atoms with E-state index in [-0.39, 0.29) is 17.5 Å². The highest BCUT2D eigenvalue weighted by Crippen LogP contribution is 2.31. The van der Waals surface area contributed by atoms with Crippen molar-refractivity contribution >= 4 is 35.0 Å². The van der Waals surface area contributed by atoms with Crippen LogP contribution in [0.2, 0.25) is 0 Å². The third-order valence-electron chi connectivity index (χ3n) is 3.05. The summed E-state index contributed by atoms with van der Waals surface area (Å²) in [5.74, 6) is -0.754. The van der Waals surface area contributed by atoms with Crippen molar-refractivity contribution in [3.63, 3.8) is 0 Å². The Balaban J connectivity index is 1.96. The van der Waals surface area contributed by atoms with Gasteiger partial charge in [0.25, 0.3) is 5.91 Å². The van der Waals surface area contributed by atoms with Crippen LogP contribution in [-0.2, 0) is 4.79 Å². The molecule has 0 bridgehead atoms. The van der Waals surface area contributed by atoms with E-state index in [0.717, 1.165) is 16.0 Å². The number of rotatable bonds is 7. The number of thioether (sulfide) groups is 1. The van der Waals surface area contributed by atoms with Gasteiger partial charge in [-0.05, 0) is 36.2 Å². The first-order chi connectivity index (χ1) is 11.0. The molecule has 0 unspecified atom stereocenters. The van der Waals surface area contributed by atoms with Gasteiger partial charge in [0.15, 0.2) is 0 Å². The van der Waals surface area contributed by atoms with Gasteiger partial charge in [-0.15, -0.1) is 23.1 Å². The molecule has 7 heteroatoms. The van der Waals surface area contributed by atoms with Gasteiger partial charge >= 0.3 is 5.97 Å². The van der Waals surface area contributed by atoms with Crippen molar-refractivity contribution < 1.29 is 19.1 Å². The average molecular weight is 353 g/mol. The Labute approximate surface area is 141 Å². The molecular weight excluding hydrogens is 337 g/mol. The van der Waals surface area contributed by atoms with Crippen molar-refractivity contribution in [1.82, 2.24) is 5.32 Å². The number of hydrogen-bond donors (Lipinski definition) is 2. The molecule has 1 aromatic heterocycles. The van der Waals surface area contributed by atoms with Crippen LogP contribution in [-0.4, -0.2) is 35.0 Å². The average Bonchev–Trinajstić information content (AvgIpc) is 2.89. The quantitative estimate of drug-likeness (QED) is 0.749. The van der Waals surface area contributed by atoms with Gasteiger partial charge in [-0.2, -0.15) is 0 Å². The fourth-order valence-corrected chi connectivity index (χ4v) is 3.52. The van der Waals surface area contributed by atoms with Crippen LogP contribution in [0.4, 0.5) is 4.39 Å². The van der Waals surface area contributed by atoms with Crippen LogP contribution in [0.5, 0.6) is 0 Å². The number of aliphatic carboxylic acids is 1. The molecule has 1 aromatic carbocycles. The lowest BCUT2D eigenvalue weighted by molar-refractivity contribution is -0.133. The van der Waals surface area contributed by atoms with E-state index in [2.05, 4.69) is 5.32 Å². The Morgan fingerprint density at radius 2 is 2.00 bits per heavy atom. The van der Waals surface area contributed by atoms with Crippen molar-refractivity contribution in [3.8, 4) is 11.1 Å². The number of aryl methyl sites for hydroxylation is 1. The van der Waals surface area contributed by atoms with E-state index < -0.39 is 5.97 Å². The Morgan fingerprint density at radius 1 is 1.30 bits per heavy atom. The van der Waals surface area contributed by atoms with Crippen molar-refractivity contribution in [3.05, 3.63) is 45.9 Å². The van der Waals surface area contributed by atoms with Gasteiger partial charge < -0.3 is 10.4 Å². The number of thiophene rings is 1. The number of carboxylic acids is 1. The van der Waals surface area contributed by atoms with Crippen molar-refractivity contribution in [2.45, 2.75) is 6.92 Å². The number of carbonyl (C=O) groups is 2. The molecular formula is C16H16FNO3S2. The zero-order chi connectivity index (χ0) is 16.8. The first kappa shape index (κ1) is 17.5. The van der Waals surface area contributed by atoms with E-state index in [1.165, 1.54) is 35.2 Å². The first-order valence-electron chi connectivity index (χ1n) is 6.91. The fraction of sp³-hybridized carbons (Fsp3) is 0.250. The van der Waals surface area contributed by atoms with E-state index in [4.69, 9.17) is 5.11 Å². The van der Waals surface area contributed by atoms with Crippen LogP contribution in [0.25, 0.3) is 11.1 Å². The molecule has 0 aliphatic carbocycles. The molecule has 0 aliphatic heterocycles. The summed E-state index contributed by atoms with van der Waals surface area (Å²) in [7, 11) is 0. The van der Waals surface area contributed by atoms with Crippen LogP contribution in [0.15, 0.2) is 30.3 Å². The normalized spacial score (nSPS) is 10.5. The molecule has 1 amide bonds.